The Labute approximate surface area is 94.5 Å². The van der Waals surface area contributed by atoms with Crippen molar-refractivity contribution in [2.45, 2.75) is 19.1 Å². The van der Waals surface area contributed by atoms with Gasteiger partial charge in [-0.2, -0.15) is 0 Å². The van der Waals surface area contributed by atoms with Crippen LogP contribution < -0.4 is 0 Å². The van der Waals surface area contributed by atoms with E-state index in [-0.39, 0.29) is 19.6 Å². The Morgan fingerprint density at radius 2 is 2.00 bits per heavy atom. The van der Waals surface area contributed by atoms with Crippen molar-refractivity contribution in [3.63, 3.8) is 0 Å². The number of ketones is 1. The normalized spacial score (nSPS) is 14.4. The monoisotopic (exact) mass is 224 g/mol. The average molecular weight is 224 g/mol. The van der Waals surface area contributed by atoms with Crippen molar-refractivity contribution < 1.29 is 19.7 Å². The van der Waals surface area contributed by atoms with Crippen LogP contribution in [-0.2, 0) is 15.3 Å². The van der Waals surface area contributed by atoms with Gasteiger partial charge < -0.3 is 14.9 Å². The molecule has 0 radical (unpaired) electrons. The van der Waals surface area contributed by atoms with Gasteiger partial charge in [-0.15, -0.1) is 0 Å². The van der Waals surface area contributed by atoms with Crippen molar-refractivity contribution in [2.24, 2.45) is 0 Å². The number of hydrogen-bond donors (Lipinski definition) is 2. The van der Waals surface area contributed by atoms with E-state index in [0.717, 1.165) is 0 Å². The Morgan fingerprint density at radius 3 is 2.50 bits per heavy atom. The van der Waals surface area contributed by atoms with E-state index < -0.39 is 11.6 Å². The summed E-state index contributed by atoms with van der Waals surface area (Å²) in [6.07, 6.45) is -0.134. The van der Waals surface area contributed by atoms with E-state index in [2.05, 4.69) is 0 Å². The summed E-state index contributed by atoms with van der Waals surface area (Å²) in [5.41, 5.74) is 0.385. The van der Waals surface area contributed by atoms with Gasteiger partial charge in [0.1, 0.15) is 0 Å². The molecule has 4 heteroatoms. The van der Waals surface area contributed by atoms with E-state index in [0.29, 0.717) is 5.56 Å². The second-order valence-electron chi connectivity index (χ2n) is 3.34. The predicted molar refractivity (Wildman–Crippen MR) is 58.7 cm³/mol. The van der Waals surface area contributed by atoms with Gasteiger partial charge in [-0.1, -0.05) is 30.3 Å². The Hall–Kier alpha value is -1.23. The summed E-state index contributed by atoms with van der Waals surface area (Å²) in [5, 5.41) is 18.9. The summed E-state index contributed by atoms with van der Waals surface area (Å²) in [7, 11) is 0. The van der Waals surface area contributed by atoms with Crippen molar-refractivity contribution in [3.05, 3.63) is 35.9 Å². The van der Waals surface area contributed by atoms with Crippen LogP contribution >= 0.6 is 0 Å². The molecule has 0 fully saturated rings. The SMILES string of the molecule is CCOC(O)(C(=O)CCO)c1ccccc1. The molecule has 1 rings (SSSR count). The van der Waals surface area contributed by atoms with Crippen LogP contribution in [0.1, 0.15) is 18.9 Å². The highest BCUT2D eigenvalue weighted by atomic mass is 16.6. The lowest BCUT2D eigenvalue weighted by Crippen LogP contribution is -2.39. The second-order valence-corrected chi connectivity index (χ2v) is 3.34. The smallest absolute Gasteiger partial charge is 0.254 e. The zero-order valence-corrected chi connectivity index (χ0v) is 9.22. The number of ether oxygens (including phenoxy) is 1. The first kappa shape index (κ1) is 12.8. The first-order valence-corrected chi connectivity index (χ1v) is 5.21. The molecule has 0 aliphatic heterocycles. The topological polar surface area (TPSA) is 66.8 Å². The molecule has 2 N–H and O–H groups in total. The zero-order valence-electron chi connectivity index (χ0n) is 9.22. The maximum Gasteiger partial charge on any atom is 0.254 e. The van der Waals surface area contributed by atoms with Crippen LogP contribution in [-0.4, -0.2) is 29.2 Å². The fraction of sp³-hybridized carbons (Fsp3) is 0.417. The molecule has 4 nitrogen and oxygen atoms in total. The van der Waals surface area contributed by atoms with Gasteiger partial charge in [-0.25, -0.2) is 0 Å². The molecule has 0 saturated heterocycles. The van der Waals surface area contributed by atoms with Gasteiger partial charge >= 0.3 is 0 Å². The van der Waals surface area contributed by atoms with Crippen molar-refractivity contribution in [3.8, 4) is 0 Å². The Balaban J connectivity index is 3.01. The number of benzene rings is 1. The summed E-state index contributed by atoms with van der Waals surface area (Å²) >= 11 is 0. The molecule has 1 atom stereocenters. The van der Waals surface area contributed by atoms with Crippen LogP contribution in [0, 0.1) is 0 Å². The lowest BCUT2D eigenvalue weighted by molar-refractivity contribution is -0.210. The fourth-order valence-electron chi connectivity index (χ4n) is 1.47. The summed E-state index contributed by atoms with van der Waals surface area (Å²) in [5.74, 6) is -2.48. The number of carbonyl (C=O) groups excluding carboxylic acids is 1. The Morgan fingerprint density at radius 1 is 1.38 bits per heavy atom. The third-order valence-electron chi connectivity index (χ3n) is 2.24. The van der Waals surface area contributed by atoms with Crippen LogP contribution in [0.15, 0.2) is 30.3 Å². The molecule has 0 amide bonds. The predicted octanol–water partition coefficient (Wildman–Crippen LogP) is 0.820. The molecule has 0 saturated carbocycles. The molecule has 88 valence electrons. The maximum atomic E-state index is 11.7. The van der Waals surface area contributed by atoms with Gasteiger partial charge in [0.2, 0.25) is 0 Å². The molecule has 1 aromatic rings. The highest BCUT2D eigenvalue weighted by Gasteiger charge is 2.37. The molecule has 0 heterocycles. The molecule has 0 bridgehead atoms. The van der Waals surface area contributed by atoms with Crippen LogP contribution in [0.3, 0.4) is 0 Å². The molecule has 0 aliphatic rings. The van der Waals surface area contributed by atoms with E-state index in [1.165, 1.54) is 0 Å². The van der Waals surface area contributed by atoms with Crippen molar-refractivity contribution >= 4 is 5.78 Å². The number of aliphatic hydroxyl groups excluding tert-OH is 1. The van der Waals surface area contributed by atoms with E-state index in [1.54, 1.807) is 37.3 Å². The number of rotatable bonds is 6. The molecular formula is C12H16O4. The van der Waals surface area contributed by atoms with Crippen LogP contribution in [0.5, 0.6) is 0 Å². The van der Waals surface area contributed by atoms with Crippen LogP contribution in [0.2, 0.25) is 0 Å². The Kier molecular flexibility index (Phi) is 4.61. The Bertz CT molecular complexity index is 336. The van der Waals surface area contributed by atoms with E-state index in [4.69, 9.17) is 9.84 Å². The fourth-order valence-corrected chi connectivity index (χ4v) is 1.47. The quantitative estimate of drug-likeness (QED) is 0.702. The second kappa shape index (κ2) is 5.75. The summed E-state index contributed by atoms with van der Waals surface area (Å²) in [6.45, 7) is 1.60. The molecular weight excluding hydrogens is 208 g/mol. The zero-order chi connectivity index (χ0) is 12.0. The highest BCUT2D eigenvalue weighted by Crippen LogP contribution is 2.24. The van der Waals surface area contributed by atoms with Crippen molar-refractivity contribution in [2.75, 3.05) is 13.2 Å². The number of hydrogen-bond acceptors (Lipinski definition) is 4. The molecule has 0 aliphatic carbocycles. The molecule has 1 aromatic carbocycles. The lowest BCUT2D eigenvalue weighted by Gasteiger charge is -2.26. The summed E-state index contributed by atoms with van der Waals surface area (Å²) in [6, 6.07) is 8.44. The highest BCUT2D eigenvalue weighted by molar-refractivity contribution is 5.86. The number of Topliss-reactive ketones (excluding diaryl/α,β-unsaturated/α-hetero) is 1. The van der Waals surface area contributed by atoms with Crippen LogP contribution in [0.4, 0.5) is 0 Å². The number of carbonyl (C=O) groups is 1. The van der Waals surface area contributed by atoms with Crippen molar-refractivity contribution in [1.29, 1.82) is 0 Å². The van der Waals surface area contributed by atoms with Crippen molar-refractivity contribution in [1.82, 2.24) is 0 Å². The maximum absolute atomic E-state index is 11.7. The van der Waals surface area contributed by atoms with Gasteiger partial charge in [-0.05, 0) is 6.92 Å². The van der Waals surface area contributed by atoms with E-state index >= 15 is 0 Å². The van der Waals surface area contributed by atoms with E-state index in [1.807, 2.05) is 0 Å². The minimum Gasteiger partial charge on any atom is -0.396 e. The molecule has 16 heavy (non-hydrogen) atoms. The molecule has 0 aromatic heterocycles. The number of aliphatic hydroxyl groups is 2. The average Bonchev–Trinajstić information content (AvgIpc) is 2.30. The third kappa shape index (κ3) is 2.66. The van der Waals surface area contributed by atoms with E-state index in [9.17, 15) is 9.90 Å². The summed E-state index contributed by atoms with van der Waals surface area (Å²) in [4.78, 5) is 11.7. The van der Waals surface area contributed by atoms with Gasteiger partial charge in [0, 0.05) is 18.6 Å². The first-order chi connectivity index (χ1) is 7.65. The molecule has 1 unspecified atom stereocenters. The summed E-state index contributed by atoms with van der Waals surface area (Å²) < 4.78 is 5.12. The largest absolute Gasteiger partial charge is 0.396 e. The third-order valence-corrected chi connectivity index (χ3v) is 2.24. The van der Waals surface area contributed by atoms with Gasteiger partial charge in [0.25, 0.3) is 5.79 Å². The van der Waals surface area contributed by atoms with Gasteiger partial charge in [0.15, 0.2) is 5.78 Å². The van der Waals surface area contributed by atoms with Gasteiger partial charge in [0.05, 0.1) is 6.61 Å². The lowest BCUT2D eigenvalue weighted by atomic mass is 9.99. The van der Waals surface area contributed by atoms with Crippen LogP contribution in [0.25, 0.3) is 0 Å². The minimum absolute atomic E-state index is 0.134. The standard InChI is InChI=1S/C12H16O4/c1-2-16-12(15,11(14)8-9-13)10-6-4-3-5-7-10/h3-7,13,15H,2,8-9H2,1H3. The van der Waals surface area contributed by atoms with Gasteiger partial charge in [-0.3, -0.25) is 4.79 Å². The first-order valence-electron chi connectivity index (χ1n) is 5.21. The minimum atomic E-state index is -1.95. The molecule has 0 spiro atoms.